The zero-order valence-corrected chi connectivity index (χ0v) is 9.56. The minimum absolute atomic E-state index is 0. The molecule has 1 aromatic carbocycles. The van der Waals surface area contributed by atoms with Crippen molar-refractivity contribution in [2.75, 3.05) is 26.0 Å². The number of hydrogen-bond acceptors (Lipinski definition) is 3. The third kappa shape index (κ3) is 4.67. The first kappa shape index (κ1) is 13.7. The van der Waals surface area contributed by atoms with Crippen molar-refractivity contribution in [3.05, 3.63) is 24.3 Å². The highest BCUT2D eigenvalue weighted by Gasteiger charge is 2.00. The Morgan fingerprint density at radius 1 is 1.47 bits per heavy atom. The van der Waals surface area contributed by atoms with Gasteiger partial charge in [0.2, 0.25) is 5.91 Å². The van der Waals surface area contributed by atoms with Crippen molar-refractivity contribution < 1.29 is 9.53 Å². The molecule has 0 fully saturated rings. The van der Waals surface area contributed by atoms with Gasteiger partial charge in [-0.15, -0.1) is 12.4 Å². The molecule has 0 unspecified atom stereocenters. The zero-order valence-electron chi connectivity index (χ0n) is 8.74. The van der Waals surface area contributed by atoms with Crippen molar-refractivity contribution >= 4 is 24.0 Å². The van der Waals surface area contributed by atoms with Gasteiger partial charge < -0.3 is 15.4 Å². The summed E-state index contributed by atoms with van der Waals surface area (Å²) in [6.07, 6.45) is 0. The first-order valence-corrected chi connectivity index (χ1v) is 4.34. The van der Waals surface area contributed by atoms with E-state index in [0.29, 0.717) is 6.54 Å². The lowest BCUT2D eigenvalue weighted by Gasteiger charge is -2.06. The Bertz CT molecular complexity index is 318. The number of benzene rings is 1. The minimum atomic E-state index is -0.0687. The molecule has 0 radical (unpaired) electrons. The van der Waals surface area contributed by atoms with Gasteiger partial charge in [-0.2, -0.15) is 0 Å². The molecule has 0 spiro atoms. The molecule has 2 N–H and O–H groups in total. The number of likely N-dealkylation sites (N-methyl/N-ethyl adjacent to an activating group) is 1. The van der Waals surface area contributed by atoms with Crippen LogP contribution in [0.15, 0.2) is 24.3 Å². The third-order valence-corrected chi connectivity index (χ3v) is 1.69. The minimum Gasteiger partial charge on any atom is -0.497 e. The largest absolute Gasteiger partial charge is 0.497 e. The highest BCUT2D eigenvalue weighted by molar-refractivity contribution is 5.92. The van der Waals surface area contributed by atoms with E-state index < -0.39 is 0 Å². The van der Waals surface area contributed by atoms with Crippen molar-refractivity contribution in [1.29, 1.82) is 0 Å². The maximum absolute atomic E-state index is 11.2. The molecule has 0 heterocycles. The molecule has 0 aliphatic carbocycles. The summed E-state index contributed by atoms with van der Waals surface area (Å²) in [7, 11) is 3.32. The Morgan fingerprint density at radius 2 is 2.20 bits per heavy atom. The number of anilines is 1. The Labute approximate surface area is 95.4 Å². The quantitative estimate of drug-likeness (QED) is 0.819. The fourth-order valence-corrected chi connectivity index (χ4v) is 1.07. The number of methoxy groups -OCH3 is 1. The normalized spacial score (nSPS) is 8.93. The van der Waals surface area contributed by atoms with E-state index >= 15 is 0 Å². The average molecular weight is 231 g/mol. The third-order valence-electron chi connectivity index (χ3n) is 1.69. The Morgan fingerprint density at radius 3 is 2.80 bits per heavy atom. The fraction of sp³-hybridized carbons (Fsp3) is 0.300. The van der Waals surface area contributed by atoms with Crippen molar-refractivity contribution in [2.24, 2.45) is 0 Å². The molecule has 0 saturated carbocycles. The van der Waals surface area contributed by atoms with E-state index in [1.807, 2.05) is 18.2 Å². The van der Waals surface area contributed by atoms with E-state index in [2.05, 4.69) is 10.6 Å². The zero-order chi connectivity index (χ0) is 10.4. The van der Waals surface area contributed by atoms with Crippen LogP contribution in [0.3, 0.4) is 0 Å². The summed E-state index contributed by atoms with van der Waals surface area (Å²) in [5.74, 6) is 0.660. The van der Waals surface area contributed by atoms with Crippen molar-refractivity contribution in [3.8, 4) is 5.75 Å². The van der Waals surface area contributed by atoms with Crippen LogP contribution < -0.4 is 15.4 Å². The maximum Gasteiger partial charge on any atom is 0.238 e. The van der Waals surface area contributed by atoms with Gasteiger partial charge in [-0.1, -0.05) is 6.07 Å². The van der Waals surface area contributed by atoms with Crippen LogP contribution in [0.4, 0.5) is 5.69 Å². The topological polar surface area (TPSA) is 50.4 Å². The number of rotatable bonds is 4. The van der Waals surface area contributed by atoms with E-state index in [-0.39, 0.29) is 18.3 Å². The molecule has 0 aliphatic heterocycles. The summed E-state index contributed by atoms with van der Waals surface area (Å²) in [6.45, 7) is 0.303. The number of amides is 1. The van der Waals surface area contributed by atoms with E-state index in [9.17, 15) is 4.79 Å². The SMILES string of the molecule is CNCC(=O)Nc1cccc(OC)c1.Cl. The van der Waals surface area contributed by atoms with Crippen LogP contribution in [-0.4, -0.2) is 26.6 Å². The molecule has 0 bridgehead atoms. The molecule has 0 aliphatic rings. The van der Waals surface area contributed by atoms with E-state index in [1.165, 1.54) is 0 Å². The Kier molecular flexibility index (Phi) is 6.49. The Balaban J connectivity index is 0.00000196. The number of carbonyl (C=O) groups excluding carboxylic acids is 1. The molecule has 4 nitrogen and oxygen atoms in total. The maximum atomic E-state index is 11.2. The summed E-state index contributed by atoms with van der Waals surface area (Å²) < 4.78 is 5.03. The molecule has 5 heteroatoms. The second kappa shape index (κ2) is 7.09. The number of hydrogen-bond donors (Lipinski definition) is 2. The van der Waals surface area contributed by atoms with Gasteiger partial charge >= 0.3 is 0 Å². The second-order valence-electron chi connectivity index (χ2n) is 2.81. The Hall–Kier alpha value is -1.26. The first-order valence-electron chi connectivity index (χ1n) is 4.34. The van der Waals surface area contributed by atoms with Gasteiger partial charge in [-0.05, 0) is 19.2 Å². The second-order valence-corrected chi connectivity index (χ2v) is 2.81. The van der Waals surface area contributed by atoms with Crippen molar-refractivity contribution in [1.82, 2.24) is 5.32 Å². The van der Waals surface area contributed by atoms with Crippen molar-refractivity contribution in [2.45, 2.75) is 0 Å². The summed E-state index contributed by atoms with van der Waals surface area (Å²) in [4.78, 5) is 11.2. The summed E-state index contributed by atoms with van der Waals surface area (Å²) in [6, 6.07) is 7.24. The van der Waals surface area contributed by atoms with Gasteiger partial charge in [-0.3, -0.25) is 4.79 Å². The number of ether oxygens (including phenoxy) is 1. The standard InChI is InChI=1S/C10H14N2O2.ClH/c1-11-7-10(13)12-8-4-3-5-9(6-8)14-2;/h3-6,11H,7H2,1-2H3,(H,12,13);1H. The lowest BCUT2D eigenvalue weighted by Crippen LogP contribution is -2.24. The van der Waals surface area contributed by atoms with Crippen molar-refractivity contribution in [3.63, 3.8) is 0 Å². The van der Waals surface area contributed by atoms with Gasteiger partial charge in [0.1, 0.15) is 5.75 Å². The molecule has 0 atom stereocenters. The molecule has 1 amide bonds. The summed E-state index contributed by atoms with van der Waals surface area (Å²) >= 11 is 0. The van der Waals surface area contributed by atoms with Gasteiger partial charge in [0.25, 0.3) is 0 Å². The smallest absolute Gasteiger partial charge is 0.238 e. The van der Waals surface area contributed by atoms with Crippen LogP contribution in [0, 0.1) is 0 Å². The van der Waals surface area contributed by atoms with Crippen LogP contribution in [-0.2, 0) is 4.79 Å². The predicted molar refractivity (Wildman–Crippen MR) is 62.8 cm³/mol. The molecule has 0 saturated heterocycles. The predicted octanol–water partition coefficient (Wildman–Crippen LogP) is 1.27. The van der Waals surface area contributed by atoms with E-state index in [4.69, 9.17) is 4.74 Å². The van der Waals surface area contributed by atoms with Crippen LogP contribution in [0.2, 0.25) is 0 Å². The van der Waals surface area contributed by atoms with Crippen LogP contribution >= 0.6 is 12.4 Å². The number of halogens is 1. The first-order chi connectivity index (χ1) is 6.76. The molecule has 0 aromatic heterocycles. The van der Waals surface area contributed by atoms with Crippen LogP contribution in [0.5, 0.6) is 5.75 Å². The molecule has 84 valence electrons. The molecular weight excluding hydrogens is 216 g/mol. The number of carbonyl (C=O) groups is 1. The molecular formula is C10H15ClN2O2. The highest BCUT2D eigenvalue weighted by Crippen LogP contribution is 2.16. The summed E-state index contributed by atoms with van der Waals surface area (Å²) in [5.41, 5.74) is 0.740. The summed E-state index contributed by atoms with van der Waals surface area (Å²) in [5, 5.41) is 5.51. The lowest BCUT2D eigenvalue weighted by molar-refractivity contribution is -0.115. The number of nitrogens with one attached hydrogen (secondary N) is 2. The van der Waals surface area contributed by atoms with Gasteiger partial charge in [0.15, 0.2) is 0 Å². The highest BCUT2D eigenvalue weighted by atomic mass is 35.5. The average Bonchev–Trinajstić information content (AvgIpc) is 2.18. The van der Waals surface area contributed by atoms with Gasteiger partial charge in [0.05, 0.1) is 13.7 Å². The van der Waals surface area contributed by atoms with E-state index in [1.54, 1.807) is 20.2 Å². The van der Waals surface area contributed by atoms with E-state index in [0.717, 1.165) is 11.4 Å². The molecule has 1 aromatic rings. The van der Waals surface area contributed by atoms with Gasteiger partial charge in [-0.25, -0.2) is 0 Å². The fourth-order valence-electron chi connectivity index (χ4n) is 1.07. The van der Waals surface area contributed by atoms with Gasteiger partial charge in [0, 0.05) is 11.8 Å². The monoisotopic (exact) mass is 230 g/mol. The molecule has 1 rings (SSSR count). The van der Waals surface area contributed by atoms with Crippen LogP contribution in [0.1, 0.15) is 0 Å². The molecule has 15 heavy (non-hydrogen) atoms. The lowest BCUT2D eigenvalue weighted by atomic mass is 10.3. The van der Waals surface area contributed by atoms with Crippen LogP contribution in [0.25, 0.3) is 0 Å².